The van der Waals surface area contributed by atoms with Crippen molar-refractivity contribution in [2.45, 2.75) is 32.7 Å². The first kappa shape index (κ1) is 18.6. The molecule has 0 saturated heterocycles. The van der Waals surface area contributed by atoms with Crippen LogP contribution in [0.3, 0.4) is 0 Å². The molecule has 2 aromatic carbocycles. The maximum atomic E-state index is 12.9. The van der Waals surface area contributed by atoms with Crippen LogP contribution in [-0.4, -0.2) is 18.5 Å². The number of amides is 1. The molecule has 132 valence electrons. The molecule has 2 aromatic rings. The summed E-state index contributed by atoms with van der Waals surface area (Å²) in [6.45, 7) is 5.55. The topological polar surface area (TPSA) is 55.4 Å². The molecular weight excluding hydrogens is 321 g/mol. The van der Waals surface area contributed by atoms with Crippen LogP contribution in [0.5, 0.6) is 0 Å². The minimum atomic E-state index is -0.542. The van der Waals surface area contributed by atoms with Gasteiger partial charge in [0, 0.05) is 0 Å². The maximum absolute atomic E-state index is 12.9. The Hall–Kier alpha value is -2.69. The van der Waals surface area contributed by atoms with Crippen molar-refractivity contribution in [1.29, 1.82) is 0 Å². The van der Waals surface area contributed by atoms with Crippen molar-refractivity contribution in [3.05, 3.63) is 71.0 Å². The van der Waals surface area contributed by atoms with Crippen LogP contribution >= 0.6 is 0 Å². The van der Waals surface area contributed by atoms with E-state index >= 15 is 0 Å². The van der Waals surface area contributed by atoms with E-state index in [1.165, 1.54) is 12.1 Å². The molecule has 4 nitrogen and oxygen atoms in total. The lowest BCUT2D eigenvalue weighted by atomic mass is 10.0. The number of hydrogen-bond acceptors (Lipinski definition) is 3. The Morgan fingerprint density at radius 3 is 2.08 bits per heavy atom. The highest BCUT2D eigenvalue weighted by atomic mass is 19.1. The number of nitrogens with one attached hydrogen (secondary N) is 1. The maximum Gasteiger partial charge on any atom is 0.338 e. The second-order valence-corrected chi connectivity index (χ2v) is 6.19. The molecule has 25 heavy (non-hydrogen) atoms. The summed E-state index contributed by atoms with van der Waals surface area (Å²) in [6.07, 6.45) is 0. The van der Waals surface area contributed by atoms with E-state index in [0.717, 1.165) is 11.1 Å². The first-order valence-corrected chi connectivity index (χ1v) is 8.18. The van der Waals surface area contributed by atoms with Crippen LogP contribution in [0.25, 0.3) is 0 Å². The summed E-state index contributed by atoms with van der Waals surface area (Å²) in [5, 5.41) is 2.71. The molecule has 0 aliphatic heterocycles. The van der Waals surface area contributed by atoms with E-state index in [4.69, 9.17) is 4.74 Å². The lowest BCUT2D eigenvalue weighted by molar-refractivity contribution is -0.124. The lowest BCUT2D eigenvalue weighted by Gasteiger charge is -2.14. The molecule has 0 fully saturated rings. The number of halogens is 1. The Kier molecular flexibility index (Phi) is 6.28. The number of benzene rings is 2. The molecule has 1 amide bonds. The third-order valence-corrected chi connectivity index (χ3v) is 3.89. The number of rotatable bonds is 6. The number of carbonyl (C=O) groups is 2. The first-order chi connectivity index (χ1) is 11.9. The van der Waals surface area contributed by atoms with Crippen molar-refractivity contribution in [2.75, 3.05) is 6.61 Å². The second kappa shape index (κ2) is 8.42. The van der Waals surface area contributed by atoms with Crippen LogP contribution in [0.15, 0.2) is 48.5 Å². The fourth-order valence-electron chi connectivity index (χ4n) is 2.34. The highest BCUT2D eigenvalue weighted by molar-refractivity contribution is 5.91. The number of hydrogen-bond donors (Lipinski definition) is 1. The highest BCUT2D eigenvalue weighted by Gasteiger charge is 2.13. The van der Waals surface area contributed by atoms with Gasteiger partial charge in [0.15, 0.2) is 6.61 Å². The van der Waals surface area contributed by atoms with Gasteiger partial charge in [0.25, 0.3) is 5.91 Å². The third kappa shape index (κ3) is 5.41. The minimum absolute atomic E-state index is 0.308. The Labute approximate surface area is 147 Å². The molecule has 5 heteroatoms. The molecule has 0 aromatic heterocycles. The Morgan fingerprint density at radius 1 is 0.960 bits per heavy atom. The highest BCUT2D eigenvalue weighted by Crippen LogP contribution is 2.15. The van der Waals surface area contributed by atoms with E-state index in [9.17, 15) is 14.0 Å². The van der Waals surface area contributed by atoms with Gasteiger partial charge in [-0.3, -0.25) is 4.79 Å². The summed E-state index contributed by atoms with van der Waals surface area (Å²) in [7, 11) is 0. The third-order valence-electron chi connectivity index (χ3n) is 3.89. The second-order valence-electron chi connectivity index (χ2n) is 6.19. The molecule has 0 aliphatic rings. The normalized spacial score (nSPS) is 11.9. The lowest BCUT2D eigenvalue weighted by Crippen LogP contribution is -2.31. The molecule has 0 spiro atoms. The van der Waals surface area contributed by atoms with Gasteiger partial charge in [-0.1, -0.05) is 38.1 Å². The summed E-state index contributed by atoms with van der Waals surface area (Å²) in [6, 6.07) is 12.7. The molecule has 1 N–H and O–H groups in total. The summed E-state index contributed by atoms with van der Waals surface area (Å²) in [5.41, 5.74) is 2.30. The number of carbonyl (C=O) groups excluding carboxylic acids is 2. The van der Waals surface area contributed by atoms with Crippen molar-refractivity contribution in [3.8, 4) is 0 Å². The summed E-state index contributed by atoms with van der Waals surface area (Å²) >= 11 is 0. The van der Waals surface area contributed by atoms with Crippen molar-refractivity contribution >= 4 is 11.9 Å². The van der Waals surface area contributed by atoms with Gasteiger partial charge >= 0.3 is 5.97 Å². The SMILES string of the molecule is CC(C)c1ccc(C(=O)OCC(=O)N[C@@H](C)c2ccc(F)cc2)cc1. The van der Waals surface area contributed by atoms with Crippen molar-refractivity contribution in [3.63, 3.8) is 0 Å². The molecule has 0 unspecified atom stereocenters. The van der Waals surface area contributed by atoms with Crippen LogP contribution in [-0.2, 0) is 9.53 Å². The average molecular weight is 343 g/mol. The molecule has 2 rings (SSSR count). The first-order valence-electron chi connectivity index (χ1n) is 8.18. The Bertz CT molecular complexity index is 724. The van der Waals surface area contributed by atoms with Gasteiger partial charge < -0.3 is 10.1 Å². The Balaban J connectivity index is 1.84. The summed E-state index contributed by atoms with van der Waals surface area (Å²) < 4.78 is 17.9. The average Bonchev–Trinajstić information content (AvgIpc) is 2.60. The Morgan fingerprint density at radius 2 is 1.52 bits per heavy atom. The predicted molar refractivity (Wildman–Crippen MR) is 93.8 cm³/mol. The van der Waals surface area contributed by atoms with E-state index in [1.807, 2.05) is 12.1 Å². The zero-order chi connectivity index (χ0) is 18.4. The zero-order valence-electron chi connectivity index (χ0n) is 14.6. The molecule has 0 aliphatic carbocycles. The van der Waals surface area contributed by atoms with Crippen molar-refractivity contribution in [2.24, 2.45) is 0 Å². The van der Waals surface area contributed by atoms with Gasteiger partial charge in [0.05, 0.1) is 11.6 Å². The van der Waals surface area contributed by atoms with Gasteiger partial charge in [0.2, 0.25) is 0 Å². The molecule has 0 radical (unpaired) electrons. The van der Waals surface area contributed by atoms with E-state index in [1.54, 1.807) is 31.2 Å². The van der Waals surface area contributed by atoms with E-state index < -0.39 is 11.9 Å². The van der Waals surface area contributed by atoms with E-state index in [0.29, 0.717) is 11.5 Å². The van der Waals surface area contributed by atoms with Crippen molar-refractivity contribution < 1.29 is 18.7 Å². The molecule has 0 heterocycles. The van der Waals surface area contributed by atoms with E-state index in [2.05, 4.69) is 19.2 Å². The molecule has 0 saturated carbocycles. The van der Waals surface area contributed by atoms with Crippen LogP contribution in [0.1, 0.15) is 54.2 Å². The minimum Gasteiger partial charge on any atom is -0.452 e. The van der Waals surface area contributed by atoms with Crippen LogP contribution in [0, 0.1) is 5.82 Å². The molecule has 1 atom stereocenters. The largest absolute Gasteiger partial charge is 0.452 e. The number of esters is 1. The van der Waals surface area contributed by atoms with Gasteiger partial charge in [-0.05, 0) is 48.2 Å². The van der Waals surface area contributed by atoms with Crippen molar-refractivity contribution in [1.82, 2.24) is 5.32 Å². The standard InChI is InChI=1S/C20H22FNO3/c1-13(2)15-4-6-17(7-5-15)20(24)25-12-19(23)22-14(3)16-8-10-18(21)11-9-16/h4-11,13-14H,12H2,1-3H3,(H,22,23)/t14-/m0/s1. The quantitative estimate of drug-likeness (QED) is 0.807. The fourth-order valence-corrected chi connectivity index (χ4v) is 2.34. The zero-order valence-corrected chi connectivity index (χ0v) is 14.6. The molecular formula is C20H22FNO3. The van der Waals surface area contributed by atoms with Crippen LogP contribution < -0.4 is 5.32 Å². The fraction of sp³-hybridized carbons (Fsp3) is 0.300. The van der Waals surface area contributed by atoms with Crippen LogP contribution in [0.4, 0.5) is 4.39 Å². The molecule has 0 bridgehead atoms. The summed E-state index contributed by atoms with van der Waals surface area (Å²) in [5.74, 6) is -0.910. The van der Waals surface area contributed by atoms with Gasteiger partial charge in [0.1, 0.15) is 5.82 Å². The monoisotopic (exact) mass is 343 g/mol. The van der Waals surface area contributed by atoms with Gasteiger partial charge in [-0.2, -0.15) is 0 Å². The summed E-state index contributed by atoms with van der Waals surface area (Å²) in [4.78, 5) is 23.9. The van der Waals surface area contributed by atoms with Gasteiger partial charge in [-0.25, -0.2) is 9.18 Å². The van der Waals surface area contributed by atoms with Gasteiger partial charge in [-0.15, -0.1) is 0 Å². The smallest absolute Gasteiger partial charge is 0.338 e. The predicted octanol–water partition coefficient (Wildman–Crippen LogP) is 3.98. The van der Waals surface area contributed by atoms with Crippen LogP contribution in [0.2, 0.25) is 0 Å². The van der Waals surface area contributed by atoms with E-state index in [-0.39, 0.29) is 18.5 Å². The number of ether oxygens (including phenoxy) is 1.